The summed E-state index contributed by atoms with van der Waals surface area (Å²) in [6.45, 7) is 0.879. The van der Waals surface area contributed by atoms with Crippen LogP contribution in [0.3, 0.4) is 0 Å². The summed E-state index contributed by atoms with van der Waals surface area (Å²) in [5.74, 6) is 0.191. The van der Waals surface area contributed by atoms with Crippen LogP contribution >= 0.6 is 15.9 Å². The quantitative estimate of drug-likeness (QED) is 0.310. The molecule has 0 spiro atoms. The van der Waals surface area contributed by atoms with Gasteiger partial charge in [0.2, 0.25) is 0 Å². The second kappa shape index (κ2) is 10.7. The molecule has 0 aliphatic rings. The normalized spacial score (nSPS) is 10.5. The van der Waals surface area contributed by atoms with Gasteiger partial charge in [0, 0.05) is 10.9 Å². The molecule has 144 valence electrons. The van der Waals surface area contributed by atoms with Crippen LogP contribution in [0.25, 0.3) is 0 Å². The van der Waals surface area contributed by atoms with Crippen molar-refractivity contribution in [2.45, 2.75) is 19.3 Å². The molecular weight excluding hydrogens is 416 g/mol. The van der Waals surface area contributed by atoms with Crippen LogP contribution in [0.15, 0.2) is 83.3 Å². The maximum absolute atomic E-state index is 12.5. The monoisotopic (exact) mass is 438 g/mol. The van der Waals surface area contributed by atoms with Gasteiger partial charge in [0.15, 0.2) is 0 Å². The van der Waals surface area contributed by atoms with E-state index in [1.807, 2.05) is 42.5 Å². The molecule has 28 heavy (non-hydrogen) atoms. The molecule has 0 aliphatic heterocycles. The predicted octanol–water partition coefficient (Wildman–Crippen LogP) is 5.86. The fraction of sp³-hybridized carbons (Fsp3) is 0.208. The first-order chi connectivity index (χ1) is 13.7. The first-order valence-corrected chi connectivity index (χ1v) is 10.2. The summed E-state index contributed by atoms with van der Waals surface area (Å²) in [5, 5.41) is 0. The van der Waals surface area contributed by atoms with Crippen LogP contribution in [0.5, 0.6) is 5.75 Å². The van der Waals surface area contributed by atoms with Gasteiger partial charge in [-0.05, 0) is 42.2 Å². The maximum Gasteiger partial charge on any atom is 0.341 e. The van der Waals surface area contributed by atoms with E-state index in [4.69, 9.17) is 9.47 Å². The number of hydrogen-bond donors (Lipinski definition) is 0. The van der Waals surface area contributed by atoms with Crippen LogP contribution in [0, 0.1) is 0 Å². The zero-order valence-corrected chi connectivity index (χ0v) is 17.2. The third-order valence-corrected chi connectivity index (χ3v) is 4.83. The summed E-state index contributed by atoms with van der Waals surface area (Å²) in [7, 11) is 0. The molecular formula is C24H23BrO3. The van der Waals surface area contributed by atoms with E-state index in [1.165, 1.54) is 11.1 Å². The van der Waals surface area contributed by atoms with Crippen molar-refractivity contribution in [3.8, 4) is 5.75 Å². The molecule has 3 nitrogen and oxygen atoms in total. The average molecular weight is 439 g/mol. The minimum Gasteiger partial charge on any atom is -0.492 e. The van der Waals surface area contributed by atoms with Gasteiger partial charge in [0.25, 0.3) is 0 Å². The van der Waals surface area contributed by atoms with E-state index in [0.29, 0.717) is 24.5 Å². The second-order valence-electron chi connectivity index (χ2n) is 6.45. The standard InChI is InChI=1S/C24H23BrO3/c25-21-13-14-23(27-17-15-20-10-5-2-6-11-20)22(18-21)24(26)28-16-7-12-19-8-3-1-4-9-19/h1-6,8-11,13-14,18H,7,12,15-17H2. The number of carbonyl (C=O) groups excluding carboxylic acids is 1. The van der Waals surface area contributed by atoms with Crippen LogP contribution in [0.4, 0.5) is 0 Å². The Bertz CT molecular complexity index is 879. The van der Waals surface area contributed by atoms with Gasteiger partial charge in [-0.15, -0.1) is 0 Å². The molecule has 0 heterocycles. The highest BCUT2D eigenvalue weighted by Gasteiger charge is 2.15. The van der Waals surface area contributed by atoms with Crippen molar-refractivity contribution in [3.63, 3.8) is 0 Å². The summed E-state index contributed by atoms with van der Waals surface area (Å²) < 4.78 is 12.2. The number of benzene rings is 3. The Kier molecular flexibility index (Phi) is 7.68. The van der Waals surface area contributed by atoms with Gasteiger partial charge >= 0.3 is 5.97 Å². The Morgan fingerprint density at radius 3 is 2.11 bits per heavy atom. The van der Waals surface area contributed by atoms with Gasteiger partial charge in [0.1, 0.15) is 11.3 Å². The fourth-order valence-electron chi connectivity index (χ4n) is 2.87. The van der Waals surface area contributed by atoms with E-state index in [2.05, 4.69) is 40.2 Å². The highest BCUT2D eigenvalue weighted by Crippen LogP contribution is 2.24. The van der Waals surface area contributed by atoms with Crippen molar-refractivity contribution < 1.29 is 14.3 Å². The smallest absolute Gasteiger partial charge is 0.341 e. The minimum atomic E-state index is -0.357. The molecule has 0 amide bonds. The molecule has 4 heteroatoms. The van der Waals surface area contributed by atoms with E-state index in [9.17, 15) is 4.79 Å². The lowest BCUT2D eigenvalue weighted by Crippen LogP contribution is -2.11. The highest BCUT2D eigenvalue weighted by molar-refractivity contribution is 9.10. The summed E-state index contributed by atoms with van der Waals surface area (Å²) >= 11 is 3.42. The molecule has 3 rings (SSSR count). The van der Waals surface area contributed by atoms with Gasteiger partial charge in [-0.25, -0.2) is 4.79 Å². The van der Waals surface area contributed by atoms with Crippen LogP contribution < -0.4 is 4.74 Å². The Morgan fingerprint density at radius 2 is 1.43 bits per heavy atom. The van der Waals surface area contributed by atoms with Crippen LogP contribution in [-0.2, 0) is 17.6 Å². The Morgan fingerprint density at radius 1 is 0.786 bits per heavy atom. The lowest BCUT2D eigenvalue weighted by molar-refractivity contribution is 0.0496. The third-order valence-electron chi connectivity index (χ3n) is 4.34. The molecule has 3 aromatic rings. The molecule has 0 aliphatic carbocycles. The number of hydrogen-bond acceptors (Lipinski definition) is 3. The Hall–Kier alpha value is -2.59. The number of aryl methyl sites for hydroxylation is 1. The van der Waals surface area contributed by atoms with E-state index in [0.717, 1.165) is 23.7 Å². The van der Waals surface area contributed by atoms with E-state index >= 15 is 0 Å². The zero-order valence-electron chi connectivity index (χ0n) is 15.6. The molecule has 0 radical (unpaired) electrons. The molecule has 0 N–H and O–H groups in total. The first-order valence-electron chi connectivity index (χ1n) is 9.40. The van der Waals surface area contributed by atoms with Crippen molar-refractivity contribution in [1.29, 1.82) is 0 Å². The van der Waals surface area contributed by atoms with E-state index < -0.39 is 0 Å². The van der Waals surface area contributed by atoms with Crippen molar-refractivity contribution in [1.82, 2.24) is 0 Å². The van der Waals surface area contributed by atoms with Crippen LogP contribution in [0.2, 0.25) is 0 Å². The van der Waals surface area contributed by atoms with Crippen molar-refractivity contribution in [3.05, 3.63) is 100 Å². The van der Waals surface area contributed by atoms with Crippen molar-refractivity contribution in [2.24, 2.45) is 0 Å². The molecule has 0 unspecified atom stereocenters. The molecule has 0 aromatic heterocycles. The number of rotatable bonds is 9. The number of carbonyl (C=O) groups is 1. The summed E-state index contributed by atoms with van der Waals surface area (Å²) in [6, 6.07) is 25.7. The van der Waals surface area contributed by atoms with Gasteiger partial charge in [-0.1, -0.05) is 76.6 Å². The largest absolute Gasteiger partial charge is 0.492 e. The molecule has 3 aromatic carbocycles. The molecule has 0 bridgehead atoms. The Balaban J connectivity index is 1.52. The Labute approximate surface area is 174 Å². The van der Waals surface area contributed by atoms with E-state index in [-0.39, 0.29) is 5.97 Å². The highest BCUT2D eigenvalue weighted by atomic mass is 79.9. The number of ether oxygens (including phenoxy) is 2. The van der Waals surface area contributed by atoms with Crippen LogP contribution in [0.1, 0.15) is 27.9 Å². The molecule has 0 saturated heterocycles. The summed E-state index contributed by atoms with van der Waals surface area (Å²) in [5.41, 5.74) is 2.89. The van der Waals surface area contributed by atoms with Gasteiger partial charge in [-0.3, -0.25) is 0 Å². The van der Waals surface area contributed by atoms with Gasteiger partial charge < -0.3 is 9.47 Å². The van der Waals surface area contributed by atoms with Crippen molar-refractivity contribution in [2.75, 3.05) is 13.2 Å². The van der Waals surface area contributed by atoms with Gasteiger partial charge in [0.05, 0.1) is 13.2 Å². The van der Waals surface area contributed by atoms with E-state index in [1.54, 1.807) is 12.1 Å². The minimum absolute atomic E-state index is 0.357. The average Bonchev–Trinajstić information content (AvgIpc) is 2.73. The fourth-order valence-corrected chi connectivity index (χ4v) is 3.24. The van der Waals surface area contributed by atoms with Gasteiger partial charge in [-0.2, -0.15) is 0 Å². The molecule has 0 fully saturated rings. The molecule has 0 saturated carbocycles. The first kappa shape index (κ1) is 20.2. The zero-order chi connectivity index (χ0) is 19.6. The van der Waals surface area contributed by atoms with Crippen molar-refractivity contribution >= 4 is 21.9 Å². The van der Waals surface area contributed by atoms with Crippen LogP contribution in [-0.4, -0.2) is 19.2 Å². The number of halogens is 1. The molecule has 0 atom stereocenters. The summed E-state index contributed by atoms with van der Waals surface area (Å²) in [6.07, 6.45) is 2.45. The topological polar surface area (TPSA) is 35.5 Å². The maximum atomic E-state index is 12.5. The summed E-state index contributed by atoms with van der Waals surface area (Å²) in [4.78, 5) is 12.5. The lowest BCUT2D eigenvalue weighted by Gasteiger charge is -2.12. The third kappa shape index (κ3) is 6.24. The number of esters is 1. The lowest BCUT2D eigenvalue weighted by atomic mass is 10.1. The SMILES string of the molecule is O=C(OCCCc1ccccc1)c1cc(Br)ccc1OCCc1ccccc1. The predicted molar refractivity (Wildman–Crippen MR) is 115 cm³/mol. The second-order valence-corrected chi connectivity index (χ2v) is 7.37.